The average molecular weight is 406 g/mol. The van der Waals surface area contributed by atoms with Gasteiger partial charge in [0.15, 0.2) is 0 Å². The number of aryl methyl sites for hydroxylation is 1. The van der Waals surface area contributed by atoms with Crippen molar-refractivity contribution in [3.63, 3.8) is 0 Å². The summed E-state index contributed by atoms with van der Waals surface area (Å²) >= 11 is 0. The SMILES string of the molecule is Cc1cnc(Nc2cnn(C3CCN(C)C(=O)C3)c2)nc1-c1ccccc1C(=O)O. The maximum absolute atomic E-state index is 12.0. The van der Waals surface area contributed by atoms with Crippen LogP contribution in [0.3, 0.4) is 0 Å². The third-order valence-corrected chi connectivity index (χ3v) is 5.25. The molecule has 0 bridgehead atoms. The van der Waals surface area contributed by atoms with Crippen LogP contribution in [0.2, 0.25) is 0 Å². The van der Waals surface area contributed by atoms with Crippen LogP contribution in [0.5, 0.6) is 0 Å². The van der Waals surface area contributed by atoms with Gasteiger partial charge in [0.05, 0.1) is 29.2 Å². The molecule has 1 saturated heterocycles. The lowest BCUT2D eigenvalue weighted by atomic mass is 10.0. The maximum atomic E-state index is 12.0. The van der Waals surface area contributed by atoms with E-state index in [0.717, 1.165) is 12.0 Å². The predicted molar refractivity (Wildman–Crippen MR) is 111 cm³/mol. The number of piperidine rings is 1. The number of rotatable bonds is 5. The molecule has 1 aliphatic rings. The van der Waals surface area contributed by atoms with Gasteiger partial charge in [-0.3, -0.25) is 9.48 Å². The Morgan fingerprint density at radius 2 is 2.07 bits per heavy atom. The minimum atomic E-state index is -1.01. The minimum absolute atomic E-state index is 0.0289. The van der Waals surface area contributed by atoms with Crippen LogP contribution < -0.4 is 5.32 Å². The first kappa shape index (κ1) is 19.6. The standard InChI is InChI=1S/C21H22N6O3/c1-13-10-22-21(25-19(13)16-5-3-4-6-17(16)20(29)30)24-14-11-23-27(12-14)15-7-8-26(2)18(28)9-15/h3-6,10-12,15H,7-9H2,1-2H3,(H,29,30)(H,22,24,25). The molecule has 0 radical (unpaired) electrons. The molecule has 3 aromatic rings. The van der Waals surface area contributed by atoms with Crippen LogP contribution >= 0.6 is 0 Å². The van der Waals surface area contributed by atoms with Crippen molar-refractivity contribution in [1.82, 2.24) is 24.6 Å². The topological polar surface area (TPSA) is 113 Å². The van der Waals surface area contributed by atoms with Crippen LogP contribution in [-0.4, -0.2) is 55.2 Å². The molecule has 9 heteroatoms. The van der Waals surface area contributed by atoms with Crippen LogP contribution in [-0.2, 0) is 4.79 Å². The van der Waals surface area contributed by atoms with Gasteiger partial charge in [-0.1, -0.05) is 18.2 Å². The molecule has 1 amide bonds. The summed E-state index contributed by atoms with van der Waals surface area (Å²) in [5.74, 6) is -0.554. The molecule has 4 rings (SSSR count). The molecule has 2 N–H and O–H groups in total. The fourth-order valence-electron chi connectivity index (χ4n) is 3.54. The molecule has 2 aromatic heterocycles. The van der Waals surface area contributed by atoms with Crippen LogP contribution in [0.1, 0.15) is 34.8 Å². The Morgan fingerprint density at radius 1 is 1.27 bits per heavy atom. The highest BCUT2D eigenvalue weighted by Gasteiger charge is 2.25. The van der Waals surface area contributed by atoms with Gasteiger partial charge in [0, 0.05) is 38.0 Å². The van der Waals surface area contributed by atoms with Gasteiger partial charge in [0.1, 0.15) is 0 Å². The van der Waals surface area contributed by atoms with Gasteiger partial charge in [0.25, 0.3) is 0 Å². The number of carboxylic acid groups (broad SMARTS) is 1. The fraction of sp³-hybridized carbons (Fsp3) is 0.286. The number of carbonyl (C=O) groups is 2. The first-order chi connectivity index (χ1) is 14.4. The van der Waals surface area contributed by atoms with E-state index in [2.05, 4.69) is 20.4 Å². The van der Waals surface area contributed by atoms with Gasteiger partial charge in [-0.05, 0) is 25.0 Å². The van der Waals surface area contributed by atoms with Crippen molar-refractivity contribution in [1.29, 1.82) is 0 Å². The number of carboxylic acids is 1. The highest BCUT2D eigenvalue weighted by atomic mass is 16.4. The van der Waals surface area contributed by atoms with Crippen molar-refractivity contribution in [2.75, 3.05) is 18.9 Å². The summed E-state index contributed by atoms with van der Waals surface area (Å²) in [6.07, 6.45) is 6.42. The molecule has 1 atom stereocenters. The zero-order chi connectivity index (χ0) is 21.3. The smallest absolute Gasteiger partial charge is 0.336 e. The molecule has 0 spiro atoms. The number of anilines is 2. The Kier molecular flexibility index (Phi) is 5.18. The summed E-state index contributed by atoms with van der Waals surface area (Å²) in [4.78, 5) is 34.1. The van der Waals surface area contributed by atoms with Gasteiger partial charge >= 0.3 is 5.97 Å². The van der Waals surface area contributed by atoms with E-state index in [0.29, 0.717) is 35.9 Å². The largest absolute Gasteiger partial charge is 0.478 e. The van der Waals surface area contributed by atoms with Crippen LogP contribution in [0, 0.1) is 6.92 Å². The summed E-state index contributed by atoms with van der Waals surface area (Å²) in [6, 6.07) is 6.78. The number of carbonyl (C=O) groups excluding carboxylic acids is 1. The lowest BCUT2D eigenvalue weighted by Gasteiger charge is -2.28. The van der Waals surface area contributed by atoms with E-state index in [1.54, 1.807) is 46.2 Å². The monoisotopic (exact) mass is 406 g/mol. The van der Waals surface area contributed by atoms with Crippen LogP contribution in [0.4, 0.5) is 11.6 Å². The second kappa shape index (κ2) is 7.94. The molecule has 0 saturated carbocycles. The molecule has 1 unspecified atom stereocenters. The lowest BCUT2D eigenvalue weighted by Crippen LogP contribution is -2.36. The van der Waals surface area contributed by atoms with E-state index in [1.807, 2.05) is 20.2 Å². The number of aromatic carboxylic acids is 1. The Bertz CT molecular complexity index is 1110. The van der Waals surface area contributed by atoms with E-state index >= 15 is 0 Å². The zero-order valence-electron chi connectivity index (χ0n) is 16.7. The molecule has 0 aliphatic carbocycles. The molecular formula is C21H22N6O3. The summed E-state index contributed by atoms with van der Waals surface area (Å²) in [7, 11) is 1.81. The Morgan fingerprint density at radius 3 is 2.83 bits per heavy atom. The molecule has 1 aromatic carbocycles. The first-order valence-electron chi connectivity index (χ1n) is 9.64. The third kappa shape index (κ3) is 3.86. The fourth-order valence-corrected chi connectivity index (χ4v) is 3.54. The second-order valence-electron chi connectivity index (χ2n) is 7.37. The highest BCUT2D eigenvalue weighted by molar-refractivity contribution is 5.95. The van der Waals surface area contributed by atoms with Crippen LogP contribution in [0.15, 0.2) is 42.9 Å². The van der Waals surface area contributed by atoms with Crippen molar-refractivity contribution in [3.05, 3.63) is 54.0 Å². The number of hydrogen-bond acceptors (Lipinski definition) is 6. The summed E-state index contributed by atoms with van der Waals surface area (Å²) in [5.41, 5.74) is 2.75. The Hall–Kier alpha value is -3.75. The molecule has 154 valence electrons. The zero-order valence-corrected chi connectivity index (χ0v) is 16.7. The first-order valence-corrected chi connectivity index (χ1v) is 9.64. The number of benzene rings is 1. The summed E-state index contributed by atoms with van der Waals surface area (Å²) in [5, 5.41) is 17.0. The number of hydrogen-bond donors (Lipinski definition) is 2. The molecule has 9 nitrogen and oxygen atoms in total. The summed E-state index contributed by atoms with van der Waals surface area (Å²) in [6.45, 7) is 2.55. The average Bonchev–Trinajstić information content (AvgIpc) is 3.20. The number of amides is 1. The minimum Gasteiger partial charge on any atom is -0.478 e. The number of nitrogens with zero attached hydrogens (tertiary/aromatic N) is 5. The van der Waals surface area contributed by atoms with E-state index < -0.39 is 5.97 Å². The van der Waals surface area contributed by atoms with Gasteiger partial charge in [0.2, 0.25) is 11.9 Å². The van der Waals surface area contributed by atoms with Crippen molar-refractivity contribution >= 4 is 23.5 Å². The molecule has 30 heavy (non-hydrogen) atoms. The van der Waals surface area contributed by atoms with Crippen molar-refractivity contribution in [2.45, 2.75) is 25.8 Å². The van der Waals surface area contributed by atoms with Gasteiger partial charge in [-0.15, -0.1) is 0 Å². The number of likely N-dealkylation sites (tertiary alicyclic amines) is 1. The van der Waals surface area contributed by atoms with E-state index in [4.69, 9.17) is 0 Å². The molecule has 3 heterocycles. The summed E-state index contributed by atoms with van der Waals surface area (Å²) < 4.78 is 1.79. The second-order valence-corrected chi connectivity index (χ2v) is 7.37. The number of aromatic nitrogens is 4. The quantitative estimate of drug-likeness (QED) is 0.670. The van der Waals surface area contributed by atoms with E-state index in [9.17, 15) is 14.7 Å². The van der Waals surface area contributed by atoms with Crippen molar-refractivity contribution < 1.29 is 14.7 Å². The van der Waals surface area contributed by atoms with E-state index in [-0.39, 0.29) is 17.5 Å². The molecular weight excluding hydrogens is 384 g/mol. The third-order valence-electron chi connectivity index (χ3n) is 5.25. The van der Waals surface area contributed by atoms with Crippen molar-refractivity contribution in [2.24, 2.45) is 0 Å². The van der Waals surface area contributed by atoms with E-state index in [1.165, 1.54) is 0 Å². The Balaban J connectivity index is 1.57. The molecule has 1 aliphatic heterocycles. The Labute approximate surface area is 173 Å². The van der Waals surface area contributed by atoms with Gasteiger partial charge in [-0.25, -0.2) is 14.8 Å². The van der Waals surface area contributed by atoms with Gasteiger partial charge in [-0.2, -0.15) is 5.10 Å². The van der Waals surface area contributed by atoms with Crippen LogP contribution in [0.25, 0.3) is 11.3 Å². The molecule has 1 fully saturated rings. The number of nitrogens with one attached hydrogen (secondary N) is 1. The maximum Gasteiger partial charge on any atom is 0.336 e. The normalized spacial score (nSPS) is 16.5. The van der Waals surface area contributed by atoms with Crippen molar-refractivity contribution in [3.8, 4) is 11.3 Å². The predicted octanol–water partition coefficient (Wildman–Crippen LogP) is 2.88. The van der Waals surface area contributed by atoms with Gasteiger partial charge < -0.3 is 15.3 Å². The highest BCUT2D eigenvalue weighted by Crippen LogP contribution is 2.27. The lowest BCUT2D eigenvalue weighted by molar-refractivity contribution is -0.133.